The van der Waals surface area contributed by atoms with Gasteiger partial charge in [0.1, 0.15) is 11.0 Å². The molecular weight excluding hydrogens is 239 g/mol. The summed E-state index contributed by atoms with van der Waals surface area (Å²) in [6, 6.07) is 8.55. The van der Waals surface area contributed by atoms with Crippen molar-refractivity contribution < 1.29 is 4.39 Å². The van der Waals surface area contributed by atoms with Crippen LogP contribution in [0.5, 0.6) is 0 Å². The molecule has 4 heteroatoms. The van der Waals surface area contributed by atoms with Crippen LogP contribution in [0, 0.1) is 12.7 Å². The van der Waals surface area contributed by atoms with Gasteiger partial charge in [0, 0.05) is 24.0 Å². The van der Waals surface area contributed by atoms with Gasteiger partial charge < -0.3 is 5.32 Å². The minimum atomic E-state index is -0.205. The van der Waals surface area contributed by atoms with Gasteiger partial charge >= 0.3 is 0 Å². The average Bonchev–Trinajstić information content (AvgIpc) is 2.30. The third-order valence-electron chi connectivity index (χ3n) is 2.41. The molecule has 0 atom stereocenters. The Balaban J connectivity index is 2.09. The van der Waals surface area contributed by atoms with E-state index in [1.54, 1.807) is 24.4 Å². The molecule has 17 heavy (non-hydrogen) atoms. The van der Waals surface area contributed by atoms with E-state index in [0.717, 1.165) is 11.3 Å². The number of nitrogens with one attached hydrogen (secondary N) is 1. The maximum atomic E-state index is 13.5. The number of rotatable bonds is 3. The van der Waals surface area contributed by atoms with Gasteiger partial charge in [-0.25, -0.2) is 9.37 Å². The van der Waals surface area contributed by atoms with E-state index in [0.29, 0.717) is 17.3 Å². The number of halogens is 2. The van der Waals surface area contributed by atoms with Gasteiger partial charge in [-0.2, -0.15) is 0 Å². The minimum absolute atomic E-state index is 0.205. The molecule has 0 amide bonds. The Labute approximate surface area is 104 Å². The first-order chi connectivity index (χ1) is 8.15. The molecule has 2 aromatic rings. The van der Waals surface area contributed by atoms with E-state index in [2.05, 4.69) is 10.3 Å². The molecule has 0 saturated carbocycles. The largest absolute Gasteiger partial charge is 0.381 e. The summed E-state index contributed by atoms with van der Waals surface area (Å²) in [7, 11) is 0. The van der Waals surface area contributed by atoms with Crippen LogP contribution in [0.15, 0.2) is 36.5 Å². The van der Waals surface area contributed by atoms with Crippen molar-refractivity contribution in [3.8, 4) is 0 Å². The first-order valence-corrected chi connectivity index (χ1v) is 5.63. The van der Waals surface area contributed by atoms with Crippen molar-refractivity contribution in [2.45, 2.75) is 13.5 Å². The molecule has 0 bridgehead atoms. The van der Waals surface area contributed by atoms with Crippen molar-refractivity contribution in [2.75, 3.05) is 5.32 Å². The maximum absolute atomic E-state index is 13.5. The van der Waals surface area contributed by atoms with Crippen LogP contribution in [-0.2, 0) is 6.54 Å². The fourth-order valence-electron chi connectivity index (χ4n) is 1.55. The number of hydrogen-bond acceptors (Lipinski definition) is 2. The fourth-order valence-corrected chi connectivity index (χ4v) is 1.72. The second-order valence-corrected chi connectivity index (χ2v) is 4.20. The van der Waals surface area contributed by atoms with Crippen LogP contribution in [0.2, 0.25) is 5.15 Å². The Bertz CT molecular complexity index is 529. The quantitative estimate of drug-likeness (QED) is 0.839. The van der Waals surface area contributed by atoms with E-state index in [4.69, 9.17) is 11.6 Å². The van der Waals surface area contributed by atoms with E-state index >= 15 is 0 Å². The molecule has 0 spiro atoms. The van der Waals surface area contributed by atoms with Crippen LogP contribution in [0.25, 0.3) is 0 Å². The summed E-state index contributed by atoms with van der Waals surface area (Å²) in [4.78, 5) is 3.88. The summed E-state index contributed by atoms with van der Waals surface area (Å²) in [5.41, 5.74) is 2.50. The molecule has 0 saturated heterocycles. The number of pyridine rings is 1. The molecule has 0 unspecified atom stereocenters. The van der Waals surface area contributed by atoms with Crippen molar-refractivity contribution in [3.63, 3.8) is 0 Å². The van der Waals surface area contributed by atoms with Crippen LogP contribution in [0.1, 0.15) is 11.1 Å². The normalized spacial score (nSPS) is 10.3. The lowest BCUT2D eigenvalue weighted by Crippen LogP contribution is -2.02. The van der Waals surface area contributed by atoms with Crippen LogP contribution in [-0.4, -0.2) is 4.98 Å². The van der Waals surface area contributed by atoms with Gasteiger partial charge in [-0.1, -0.05) is 29.3 Å². The highest BCUT2D eigenvalue weighted by Gasteiger charge is 2.02. The third-order valence-corrected chi connectivity index (χ3v) is 2.62. The van der Waals surface area contributed by atoms with Gasteiger partial charge in [0.15, 0.2) is 0 Å². The molecule has 1 N–H and O–H groups in total. The highest BCUT2D eigenvalue weighted by atomic mass is 35.5. The molecule has 0 aliphatic heterocycles. The predicted molar refractivity (Wildman–Crippen MR) is 67.7 cm³/mol. The minimum Gasteiger partial charge on any atom is -0.381 e. The predicted octanol–water partition coefficient (Wildman–Crippen LogP) is 3.79. The molecule has 1 aromatic heterocycles. The van der Waals surface area contributed by atoms with E-state index in [9.17, 15) is 4.39 Å². The third kappa shape index (κ3) is 3.17. The zero-order valence-electron chi connectivity index (χ0n) is 9.37. The van der Waals surface area contributed by atoms with E-state index in [-0.39, 0.29) is 5.82 Å². The number of benzene rings is 1. The average molecular weight is 251 g/mol. The standard InChI is InChI=1S/C13H12ClFN2/c1-9-2-3-12(15)10(6-9)8-17-11-4-5-16-13(14)7-11/h2-7H,8H2,1H3,(H,16,17). The molecule has 0 fully saturated rings. The van der Waals surface area contributed by atoms with E-state index < -0.39 is 0 Å². The number of aryl methyl sites for hydroxylation is 1. The van der Waals surface area contributed by atoms with Crippen LogP contribution >= 0.6 is 11.6 Å². The summed E-state index contributed by atoms with van der Waals surface area (Å²) < 4.78 is 13.5. The lowest BCUT2D eigenvalue weighted by atomic mass is 10.1. The SMILES string of the molecule is Cc1ccc(F)c(CNc2ccnc(Cl)c2)c1. The second kappa shape index (κ2) is 5.15. The fraction of sp³-hybridized carbons (Fsp3) is 0.154. The molecule has 1 heterocycles. The van der Waals surface area contributed by atoms with Gasteiger partial charge in [0.05, 0.1) is 0 Å². The van der Waals surface area contributed by atoms with E-state index in [1.807, 2.05) is 13.0 Å². The first kappa shape index (κ1) is 11.9. The molecule has 0 radical (unpaired) electrons. The molecule has 1 aromatic carbocycles. The topological polar surface area (TPSA) is 24.9 Å². The molecular formula is C13H12ClFN2. The van der Waals surface area contributed by atoms with Gasteiger partial charge in [-0.05, 0) is 25.1 Å². The zero-order valence-corrected chi connectivity index (χ0v) is 10.1. The Kier molecular flexibility index (Phi) is 3.59. The van der Waals surface area contributed by atoms with E-state index in [1.165, 1.54) is 6.07 Å². The van der Waals surface area contributed by atoms with Crippen molar-refractivity contribution in [1.82, 2.24) is 4.98 Å². The van der Waals surface area contributed by atoms with Crippen molar-refractivity contribution in [1.29, 1.82) is 0 Å². The number of aromatic nitrogens is 1. The first-order valence-electron chi connectivity index (χ1n) is 5.25. The number of anilines is 1. The van der Waals surface area contributed by atoms with Gasteiger partial charge in [0.25, 0.3) is 0 Å². The monoisotopic (exact) mass is 250 g/mol. The molecule has 2 rings (SSSR count). The lowest BCUT2D eigenvalue weighted by Gasteiger charge is -2.08. The van der Waals surface area contributed by atoms with Crippen LogP contribution in [0.4, 0.5) is 10.1 Å². The molecule has 0 aliphatic carbocycles. The highest BCUT2D eigenvalue weighted by molar-refractivity contribution is 6.29. The summed E-state index contributed by atoms with van der Waals surface area (Å²) >= 11 is 5.76. The molecule has 88 valence electrons. The molecule has 2 nitrogen and oxygen atoms in total. The maximum Gasteiger partial charge on any atom is 0.131 e. The summed E-state index contributed by atoms with van der Waals surface area (Å²) in [6.07, 6.45) is 1.61. The Hall–Kier alpha value is -1.61. The smallest absolute Gasteiger partial charge is 0.131 e. The van der Waals surface area contributed by atoms with Crippen LogP contribution in [0.3, 0.4) is 0 Å². The number of nitrogens with zero attached hydrogens (tertiary/aromatic N) is 1. The Morgan fingerprint density at radius 3 is 2.88 bits per heavy atom. The van der Waals surface area contributed by atoms with Crippen molar-refractivity contribution in [3.05, 3.63) is 58.6 Å². The van der Waals surface area contributed by atoms with Crippen molar-refractivity contribution in [2.24, 2.45) is 0 Å². The highest BCUT2D eigenvalue weighted by Crippen LogP contribution is 2.15. The van der Waals surface area contributed by atoms with Gasteiger partial charge in [0.2, 0.25) is 0 Å². The van der Waals surface area contributed by atoms with Crippen molar-refractivity contribution >= 4 is 17.3 Å². The van der Waals surface area contributed by atoms with Gasteiger partial charge in [-0.3, -0.25) is 0 Å². The zero-order chi connectivity index (χ0) is 12.3. The molecule has 0 aliphatic rings. The van der Waals surface area contributed by atoms with Crippen LogP contribution < -0.4 is 5.32 Å². The summed E-state index contributed by atoms with van der Waals surface area (Å²) in [5, 5.41) is 3.52. The Morgan fingerprint density at radius 2 is 2.12 bits per heavy atom. The summed E-state index contributed by atoms with van der Waals surface area (Å²) in [5.74, 6) is -0.205. The summed E-state index contributed by atoms with van der Waals surface area (Å²) in [6.45, 7) is 2.36. The Morgan fingerprint density at radius 1 is 1.29 bits per heavy atom. The number of hydrogen-bond donors (Lipinski definition) is 1. The lowest BCUT2D eigenvalue weighted by molar-refractivity contribution is 0.612. The second-order valence-electron chi connectivity index (χ2n) is 3.82. The van der Waals surface area contributed by atoms with Gasteiger partial charge in [-0.15, -0.1) is 0 Å².